The number of aryl methyl sites for hydroxylation is 2. The molecule has 62 valence electrons. The van der Waals surface area contributed by atoms with E-state index in [1.54, 1.807) is 0 Å². The van der Waals surface area contributed by atoms with E-state index < -0.39 is 0 Å². The average molecular weight is 160 g/mol. The van der Waals surface area contributed by atoms with Crippen LogP contribution in [0.25, 0.3) is 6.08 Å². The Morgan fingerprint density at radius 1 is 1.33 bits per heavy atom. The molecule has 1 N–H and O–H groups in total. The number of hydrogen-bond acceptors (Lipinski definition) is 1. The summed E-state index contributed by atoms with van der Waals surface area (Å²) in [6.07, 6.45) is 6.48. The second kappa shape index (κ2) is 2.67. The minimum absolute atomic E-state index is 0.390. The van der Waals surface area contributed by atoms with Gasteiger partial charge in [-0.25, -0.2) is 0 Å². The molecule has 0 saturated heterocycles. The lowest BCUT2D eigenvalue weighted by Crippen LogP contribution is -1.95. The van der Waals surface area contributed by atoms with E-state index in [1.807, 2.05) is 19.1 Å². The monoisotopic (exact) mass is 160 g/mol. The van der Waals surface area contributed by atoms with Gasteiger partial charge >= 0.3 is 0 Å². The van der Waals surface area contributed by atoms with E-state index in [2.05, 4.69) is 12.2 Å². The number of rotatable bonds is 0. The molecular weight excluding hydrogens is 148 g/mol. The zero-order valence-electron chi connectivity index (χ0n) is 7.17. The van der Waals surface area contributed by atoms with Crippen LogP contribution in [0.3, 0.4) is 0 Å². The van der Waals surface area contributed by atoms with Crippen LogP contribution in [-0.4, -0.2) is 5.11 Å². The van der Waals surface area contributed by atoms with Crippen LogP contribution in [-0.2, 0) is 6.42 Å². The van der Waals surface area contributed by atoms with Crippen molar-refractivity contribution >= 4 is 6.08 Å². The largest absolute Gasteiger partial charge is 0.508 e. The minimum Gasteiger partial charge on any atom is -0.508 e. The summed E-state index contributed by atoms with van der Waals surface area (Å²) in [6.45, 7) is 2.04. The second-order valence-electron chi connectivity index (χ2n) is 3.28. The van der Waals surface area contributed by atoms with Gasteiger partial charge in [-0.2, -0.15) is 0 Å². The van der Waals surface area contributed by atoms with Gasteiger partial charge in [0, 0.05) is 0 Å². The first-order valence-corrected chi connectivity index (χ1v) is 4.26. The molecule has 12 heavy (non-hydrogen) atoms. The molecule has 0 spiro atoms. The molecule has 0 saturated carbocycles. The number of phenolic OH excluding ortho intramolecular Hbond substituents is 1. The maximum Gasteiger partial charge on any atom is 0.116 e. The molecule has 0 atom stereocenters. The van der Waals surface area contributed by atoms with Crippen LogP contribution in [0.4, 0.5) is 0 Å². The van der Waals surface area contributed by atoms with Crippen LogP contribution in [0.15, 0.2) is 18.2 Å². The third-order valence-corrected chi connectivity index (χ3v) is 2.32. The molecule has 2 rings (SSSR count). The molecule has 1 aromatic rings. The molecule has 0 unspecified atom stereocenters. The van der Waals surface area contributed by atoms with Crippen molar-refractivity contribution in [2.45, 2.75) is 19.8 Å². The molecule has 0 amide bonds. The van der Waals surface area contributed by atoms with Gasteiger partial charge in [0.25, 0.3) is 0 Å². The van der Waals surface area contributed by atoms with Crippen LogP contribution in [0, 0.1) is 6.92 Å². The summed E-state index contributed by atoms with van der Waals surface area (Å²) in [5.74, 6) is 0.390. The van der Waals surface area contributed by atoms with Gasteiger partial charge in [0.1, 0.15) is 5.75 Å². The van der Waals surface area contributed by atoms with E-state index in [0.29, 0.717) is 5.75 Å². The second-order valence-corrected chi connectivity index (χ2v) is 3.28. The number of aromatic hydroxyl groups is 1. The number of allylic oxidation sites excluding steroid dienone is 1. The smallest absolute Gasteiger partial charge is 0.116 e. The van der Waals surface area contributed by atoms with Crippen LogP contribution in [0.5, 0.6) is 5.75 Å². The standard InChI is InChI=1S/C11H12O/c1-8-6-10(12)7-9-4-2-3-5-11(8)9/h3,5-7,12H,2,4H2,1H3. The highest BCUT2D eigenvalue weighted by Gasteiger charge is 2.07. The fourth-order valence-electron chi connectivity index (χ4n) is 1.74. The Kier molecular flexibility index (Phi) is 1.65. The fourth-order valence-corrected chi connectivity index (χ4v) is 1.74. The molecule has 0 fully saturated rings. The highest BCUT2D eigenvalue weighted by atomic mass is 16.3. The fraction of sp³-hybridized carbons (Fsp3) is 0.273. The quantitative estimate of drug-likeness (QED) is 0.618. The highest BCUT2D eigenvalue weighted by molar-refractivity contribution is 5.61. The number of hydrogen-bond donors (Lipinski definition) is 1. The lowest BCUT2D eigenvalue weighted by atomic mass is 9.93. The van der Waals surface area contributed by atoms with E-state index in [-0.39, 0.29) is 0 Å². The minimum atomic E-state index is 0.390. The topological polar surface area (TPSA) is 20.2 Å². The van der Waals surface area contributed by atoms with Crippen molar-refractivity contribution in [3.63, 3.8) is 0 Å². The number of benzene rings is 1. The lowest BCUT2D eigenvalue weighted by Gasteiger charge is -2.12. The summed E-state index contributed by atoms with van der Waals surface area (Å²) in [6, 6.07) is 3.68. The van der Waals surface area contributed by atoms with Gasteiger partial charge in [-0.05, 0) is 48.6 Å². The van der Waals surface area contributed by atoms with Gasteiger partial charge in [0.15, 0.2) is 0 Å². The van der Waals surface area contributed by atoms with Crippen LogP contribution in [0.1, 0.15) is 23.1 Å². The van der Waals surface area contributed by atoms with Crippen LogP contribution < -0.4 is 0 Å². The molecule has 1 heteroatoms. The predicted molar refractivity (Wildman–Crippen MR) is 50.2 cm³/mol. The van der Waals surface area contributed by atoms with Gasteiger partial charge in [-0.15, -0.1) is 0 Å². The van der Waals surface area contributed by atoms with Gasteiger partial charge in [0.05, 0.1) is 0 Å². The summed E-state index contributed by atoms with van der Waals surface area (Å²) in [5.41, 5.74) is 3.73. The Labute approximate surface area is 72.4 Å². The van der Waals surface area contributed by atoms with E-state index in [9.17, 15) is 5.11 Å². The maximum absolute atomic E-state index is 9.34. The Morgan fingerprint density at radius 2 is 2.17 bits per heavy atom. The zero-order chi connectivity index (χ0) is 8.55. The van der Waals surface area contributed by atoms with Crippen molar-refractivity contribution in [1.82, 2.24) is 0 Å². The van der Waals surface area contributed by atoms with Gasteiger partial charge in [-0.1, -0.05) is 12.2 Å². The van der Waals surface area contributed by atoms with Crippen molar-refractivity contribution in [2.75, 3.05) is 0 Å². The Morgan fingerprint density at radius 3 is 3.00 bits per heavy atom. The highest BCUT2D eigenvalue weighted by Crippen LogP contribution is 2.26. The average Bonchev–Trinajstić information content (AvgIpc) is 2.04. The van der Waals surface area contributed by atoms with Crippen molar-refractivity contribution in [2.24, 2.45) is 0 Å². The molecule has 1 nitrogen and oxygen atoms in total. The Balaban J connectivity index is 2.62. The molecule has 1 aliphatic rings. The third-order valence-electron chi connectivity index (χ3n) is 2.32. The summed E-state index contributed by atoms with van der Waals surface area (Å²) in [5, 5.41) is 9.34. The lowest BCUT2D eigenvalue weighted by molar-refractivity contribution is 0.474. The number of phenols is 1. The predicted octanol–water partition coefficient (Wildman–Crippen LogP) is 2.66. The Bertz CT molecular complexity index is 337. The summed E-state index contributed by atoms with van der Waals surface area (Å²) in [7, 11) is 0. The van der Waals surface area contributed by atoms with E-state index >= 15 is 0 Å². The van der Waals surface area contributed by atoms with E-state index in [4.69, 9.17) is 0 Å². The molecule has 0 aliphatic heterocycles. The van der Waals surface area contributed by atoms with E-state index in [0.717, 1.165) is 12.8 Å². The van der Waals surface area contributed by atoms with Gasteiger partial charge in [0.2, 0.25) is 0 Å². The van der Waals surface area contributed by atoms with Gasteiger partial charge in [-0.3, -0.25) is 0 Å². The molecular formula is C11H12O. The van der Waals surface area contributed by atoms with Crippen molar-refractivity contribution in [3.8, 4) is 5.75 Å². The SMILES string of the molecule is Cc1cc(O)cc2c1C=CCC2. The first kappa shape index (κ1) is 7.41. The van der Waals surface area contributed by atoms with Gasteiger partial charge < -0.3 is 5.11 Å². The number of fused-ring (bicyclic) bond motifs is 1. The zero-order valence-corrected chi connectivity index (χ0v) is 7.17. The molecule has 0 heterocycles. The molecule has 0 bridgehead atoms. The maximum atomic E-state index is 9.34. The van der Waals surface area contributed by atoms with Crippen LogP contribution >= 0.6 is 0 Å². The molecule has 1 aliphatic carbocycles. The van der Waals surface area contributed by atoms with Crippen molar-refractivity contribution < 1.29 is 5.11 Å². The third kappa shape index (κ3) is 1.11. The molecule has 0 aromatic heterocycles. The van der Waals surface area contributed by atoms with Crippen molar-refractivity contribution in [1.29, 1.82) is 0 Å². The summed E-state index contributed by atoms with van der Waals surface area (Å²) >= 11 is 0. The van der Waals surface area contributed by atoms with Crippen molar-refractivity contribution in [3.05, 3.63) is 34.9 Å². The first-order valence-electron chi connectivity index (χ1n) is 4.26. The first-order chi connectivity index (χ1) is 5.77. The van der Waals surface area contributed by atoms with Crippen LogP contribution in [0.2, 0.25) is 0 Å². The summed E-state index contributed by atoms with van der Waals surface area (Å²) < 4.78 is 0. The molecule has 0 radical (unpaired) electrons. The Hall–Kier alpha value is -1.24. The normalized spacial score (nSPS) is 14.4. The molecule has 1 aromatic carbocycles. The summed E-state index contributed by atoms with van der Waals surface area (Å²) in [4.78, 5) is 0. The van der Waals surface area contributed by atoms with E-state index in [1.165, 1.54) is 16.7 Å².